The molecule has 11 nitrogen and oxygen atoms in total. The zero-order valence-electron chi connectivity index (χ0n) is 20.2. The van der Waals surface area contributed by atoms with E-state index < -0.39 is 47.9 Å². The maximum atomic E-state index is 13.3. The van der Waals surface area contributed by atoms with E-state index in [2.05, 4.69) is 0 Å². The molecule has 1 aromatic heterocycles. The van der Waals surface area contributed by atoms with Crippen molar-refractivity contribution in [2.75, 3.05) is 7.11 Å². The normalized spacial score (nSPS) is 20.9. The minimum absolute atomic E-state index is 0.189. The first kappa shape index (κ1) is 26.0. The predicted octanol–water partition coefficient (Wildman–Crippen LogP) is 1.84. The number of esters is 2. The Balaban J connectivity index is 1.59. The molecule has 37 heavy (non-hydrogen) atoms. The van der Waals surface area contributed by atoms with Gasteiger partial charge < -0.3 is 23.7 Å². The Labute approximate surface area is 211 Å². The third-order valence-electron chi connectivity index (χ3n) is 5.66. The molecule has 3 aromatic rings. The van der Waals surface area contributed by atoms with Gasteiger partial charge in [0, 0.05) is 26.3 Å². The van der Waals surface area contributed by atoms with Crippen molar-refractivity contribution in [2.45, 2.75) is 45.0 Å². The van der Waals surface area contributed by atoms with Gasteiger partial charge in [0.2, 0.25) is 6.29 Å². The SMILES string of the molecule is COC1[C@@H](OC(=O)c2ccccc2)[C@@H](OC(C)=O)O[C@H]1n1ccc(=O)n(COCc2ccccc2)c1=O. The summed E-state index contributed by atoms with van der Waals surface area (Å²) in [5, 5.41) is 0. The van der Waals surface area contributed by atoms with Gasteiger partial charge >= 0.3 is 17.6 Å². The Kier molecular flexibility index (Phi) is 8.29. The number of hydrogen-bond donors (Lipinski definition) is 0. The molecule has 1 aliphatic rings. The largest absolute Gasteiger partial charge is 0.449 e. The fourth-order valence-corrected chi connectivity index (χ4v) is 3.90. The topological polar surface area (TPSA) is 124 Å². The van der Waals surface area contributed by atoms with Crippen LogP contribution < -0.4 is 11.2 Å². The lowest BCUT2D eigenvalue weighted by Gasteiger charge is -2.23. The summed E-state index contributed by atoms with van der Waals surface area (Å²) in [4.78, 5) is 50.2. The molecule has 0 spiro atoms. The second-order valence-corrected chi connectivity index (χ2v) is 8.18. The highest BCUT2D eigenvalue weighted by Gasteiger charge is 2.51. The van der Waals surface area contributed by atoms with Crippen LogP contribution in [0.5, 0.6) is 0 Å². The molecule has 194 valence electrons. The van der Waals surface area contributed by atoms with Gasteiger partial charge in [0.1, 0.15) is 12.8 Å². The van der Waals surface area contributed by atoms with Crippen molar-refractivity contribution < 1.29 is 33.3 Å². The lowest BCUT2D eigenvalue weighted by atomic mass is 10.2. The third-order valence-corrected chi connectivity index (χ3v) is 5.66. The minimum atomic E-state index is -1.36. The molecule has 0 radical (unpaired) electrons. The molecule has 11 heteroatoms. The predicted molar refractivity (Wildman–Crippen MR) is 128 cm³/mol. The summed E-state index contributed by atoms with van der Waals surface area (Å²) >= 11 is 0. The quantitative estimate of drug-likeness (QED) is 0.397. The van der Waals surface area contributed by atoms with Gasteiger partial charge in [-0.2, -0.15) is 0 Å². The lowest BCUT2D eigenvalue weighted by molar-refractivity contribution is -0.191. The van der Waals surface area contributed by atoms with Gasteiger partial charge in [-0.05, 0) is 17.7 Å². The average molecular weight is 510 g/mol. The van der Waals surface area contributed by atoms with Crippen molar-refractivity contribution in [3.8, 4) is 0 Å². The van der Waals surface area contributed by atoms with Gasteiger partial charge in [-0.3, -0.25) is 14.2 Å². The molecule has 0 saturated carbocycles. The highest BCUT2D eigenvalue weighted by molar-refractivity contribution is 5.89. The van der Waals surface area contributed by atoms with Crippen LogP contribution in [0.15, 0.2) is 82.5 Å². The zero-order chi connectivity index (χ0) is 26.4. The van der Waals surface area contributed by atoms with Crippen LogP contribution in [0, 0.1) is 0 Å². The van der Waals surface area contributed by atoms with Crippen molar-refractivity contribution in [2.24, 2.45) is 0 Å². The fraction of sp³-hybridized carbons (Fsp3) is 0.308. The van der Waals surface area contributed by atoms with Crippen molar-refractivity contribution in [1.29, 1.82) is 0 Å². The molecule has 4 rings (SSSR count). The van der Waals surface area contributed by atoms with Crippen LogP contribution in [0.2, 0.25) is 0 Å². The molecular weight excluding hydrogens is 484 g/mol. The molecule has 1 aliphatic heterocycles. The highest BCUT2D eigenvalue weighted by Crippen LogP contribution is 2.33. The van der Waals surface area contributed by atoms with E-state index in [-0.39, 0.29) is 18.9 Å². The Morgan fingerprint density at radius 3 is 2.24 bits per heavy atom. The van der Waals surface area contributed by atoms with Gasteiger partial charge in [-0.25, -0.2) is 14.2 Å². The first-order valence-electron chi connectivity index (χ1n) is 11.4. The third kappa shape index (κ3) is 6.02. The van der Waals surface area contributed by atoms with E-state index in [1.54, 1.807) is 30.3 Å². The van der Waals surface area contributed by atoms with E-state index >= 15 is 0 Å². The monoisotopic (exact) mass is 510 g/mol. The van der Waals surface area contributed by atoms with Crippen LogP contribution in [-0.4, -0.2) is 46.7 Å². The number of ether oxygens (including phenoxy) is 5. The molecule has 1 unspecified atom stereocenters. The van der Waals surface area contributed by atoms with E-state index in [9.17, 15) is 19.2 Å². The van der Waals surface area contributed by atoms with Gasteiger partial charge in [-0.1, -0.05) is 48.5 Å². The van der Waals surface area contributed by atoms with Gasteiger partial charge in [0.15, 0.2) is 12.3 Å². The van der Waals surface area contributed by atoms with E-state index in [4.69, 9.17) is 23.7 Å². The summed E-state index contributed by atoms with van der Waals surface area (Å²) < 4.78 is 29.7. The Morgan fingerprint density at radius 2 is 1.59 bits per heavy atom. The summed E-state index contributed by atoms with van der Waals surface area (Å²) in [6.07, 6.45) is -3.56. The van der Waals surface area contributed by atoms with Crippen LogP contribution in [0.4, 0.5) is 0 Å². The standard InChI is InChI=1S/C26H26N2O9/c1-17(29)35-25-22(36-24(31)19-11-7-4-8-12-19)21(33-2)23(37-25)27-14-13-20(30)28(26(27)32)16-34-15-18-9-5-3-6-10-18/h3-14,21-23,25H,15-16H2,1-2H3/t21?,22-,23-,25+/m1/s1. The molecule has 1 fully saturated rings. The highest BCUT2D eigenvalue weighted by atomic mass is 16.7. The van der Waals surface area contributed by atoms with E-state index in [0.29, 0.717) is 0 Å². The lowest BCUT2D eigenvalue weighted by Crippen LogP contribution is -2.44. The molecule has 0 N–H and O–H groups in total. The van der Waals surface area contributed by atoms with E-state index in [1.165, 1.54) is 26.3 Å². The Bertz CT molecular complexity index is 1340. The van der Waals surface area contributed by atoms with Crippen molar-refractivity contribution in [1.82, 2.24) is 9.13 Å². The van der Waals surface area contributed by atoms with Gasteiger partial charge in [0.05, 0.1) is 12.2 Å². The Morgan fingerprint density at radius 1 is 0.919 bits per heavy atom. The number of nitrogens with zero attached hydrogens (tertiary/aromatic N) is 2. The second kappa shape index (κ2) is 11.8. The number of rotatable bonds is 9. The van der Waals surface area contributed by atoms with Crippen LogP contribution in [0.1, 0.15) is 29.1 Å². The molecule has 0 bridgehead atoms. The van der Waals surface area contributed by atoms with Crippen molar-refractivity contribution in [3.05, 3.63) is 105 Å². The average Bonchev–Trinajstić information content (AvgIpc) is 3.22. The number of benzene rings is 2. The number of hydrogen-bond acceptors (Lipinski definition) is 9. The van der Waals surface area contributed by atoms with E-state index in [0.717, 1.165) is 14.7 Å². The van der Waals surface area contributed by atoms with Gasteiger partial charge in [-0.15, -0.1) is 0 Å². The number of carbonyl (C=O) groups is 2. The maximum absolute atomic E-state index is 13.3. The van der Waals surface area contributed by atoms with Crippen LogP contribution in [0.25, 0.3) is 0 Å². The smallest absolute Gasteiger partial charge is 0.338 e. The summed E-state index contributed by atoms with van der Waals surface area (Å²) in [6, 6.07) is 18.7. The second-order valence-electron chi connectivity index (χ2n) is 8.18. The maximum Gasteiger partial charge on any atom is 0.338 e. The van der Waals surface area contributed by atoms with Crippen molar-refractivity contribution in [3.63, 3.8) is 0 Å². The summed E-state index contributed by atoms with van der Waals surface area (Å²) in [5.41, 5.74) is -0.185. The number of methoxy groups -OCH3 is 1. The first-order chi connectivity index (χ1) is 17.9. The van der Waals surface area contributed by atoms with Crippen molar-refractivity contribution >= 4 is 11.9 Å². The van der Waals surface area contributed by atoms with Crippen LogP contribution in [-0.2, 0) is 41.8 Å². The zero-order valence-corrected chi connectivity index (χ0v) is 20.2. The molecule has 0 amide bonds. The summed E-state index contributed by atoms with van der Waals surface area (Å²) in [6.45, 7) is 1.05. The molecule has 2 aromatic carbocycles. The van der Waals surface area contributed by atoms with Gasteiger partial charge in [0.25, 0.3) is 5.56 Å². The number of carbonyl (C=O) groups excluding carboxylic acids is 2. The molecule has 4 atom stereocenters. The number of aromatic nitrogens is 2. The molecule has 0 aliphatic carbocycles. The van der Waals surface area contributed by atoms with Crippen LogP contribution >= 0.6 is 0 Å². The minimum Gasteiger partial charge on any atom is -0.449 e. The first-order valence-corrected chi connectivity index (χ1v) is 11.4. The summed E-state index contributed by atoms with van der Waals surface area (Å²) in [7, 11) is 1.34. The molecule has 2 heterocycles. The Hall–Kier alpha value is -4.06. The fourth-order valence-electron chi connectivity index (χ4n) is 3.90. The molecular formula is C26H26N2O9. The summed E-state index contributed by atoms with van der Waals surface area (Å²) in [5.74, 6) is -1.38. The molecule has 1 saturated heterocycles. The van der Waals surface area contributed by atoms with E-state index in [1.807, 2.05) is 30.3 Å². The van der Waals surface area contributed by atoms with Crippen LogP contribution in [0.3, 0.4) is 0 Å².